The highest BCUT2D eigenvalue weighted by Crippen LogP contribution is 2.33. The van der Waals surface area contributed by atoms with Crippen LogP contribution in [-0.4, -0.2) is 15.8 Å². The van der Waals surface area contributed by atoms with Crippen molar-refractivity contribution in [1.29, 1.82) is 0 Å². The maximum absolute atomic E-state index is 4.15. The fourth-order valence-corrected chi connectivity index (χ4v) is 2.11. The standard InChI is InChI=1S/C11H19N3/c1-8-4-11(9(8)2)12-5-10-6-13-14(3)7-10/h6-9,11-12H,4-5H2,1-3H3. The second-order valence-corrected chi connectivity index (χ2v) is 4.58. The molecule has 1 fully saturated rings. The Kier molecular flexibility index (Phi) is 2.59. The topological polar surface area (TPSA) is 29.9 Å². The summed E-state index contributed by atoms with van der Waals surface area (Å²) >= 11 is 0. The molecule has 1 saturated carbocycles. The molecule has 0 aliphatic heterocycles. The molecule has 0 radical (unpaired) electrons. The number of nitrogens with one attached hydrogen (secondary N) is 1. The number of nitrogens with zero attached hydrogens (tertiary/aromatic N) is 2. The highest BCUT2D eigenvalue weighted by Gasteiger charge is 2.33. The first-order valence-electron chi connectivity index (χ1n) is 5.37. The Balaban J connectivity index is 1.78. The van der Waals surface area contributed by atoms with Gasteiger partial charge in [0.2, 0.25) is 0 Å². The van der Waals surface area contributed by atoms with Gasteiger partial charge in [-0.2, -0.15) is 5.10 Å². The van der Waals surface area contributed by atoms with Crippen LogP contribution < -0.4 is 5.32 Å². The van der Waals surface area contributed by atoms with Crippen molar-refractivity contribution in [2.45, 2.75) is 32.9 Å². The van der Waals surface area contributed by atoms with E-state index in [1.807, 2.05) is 17.9 Å². The molecule has 3 heteroatoms. The van der Waals surface area contributed by atoms with Gasteiger partial charge >= 0.3 is 0 Å². The van der Waals surface area contributed by atoms with Gasteiger partial charge in [0, 0.05) is 31.4 Å². The van der Waals surface area contributed by atoms with Crippen molar-refractivity contribution in [2.75, 3.05) is 0 Å². The predicted molar refractivity (Wildman–Crippen MR) is 56.8 cm³/mol. The molecule has 0 amide bonds. The Morgan fingerprint density at radius 1 is 1.57 bits per heavy atom. The van der Waals surface area contributed by atoms with Gasteiger partial charge in [-0.25, -0.2) is 0 Å². The third kappa shape index (κ3) is 1.82. The van der Waals surface area contributed by atoms with Gasteiger partial charge in [-0.3, -0.25) is 4.68 Å². The van der Waals surface area contributed by atoms with E-state index in [1.165, 1.54) is 12.0 Å². The molecule has 2 rings (SSSR count). The maximum Gasteiger partial charge on any atom is 0.0534 e. The molecule has 1 aliphatic rings. The third-order valence-electron chi connectivity index (χ3n) is 3.48. The summed E-state index contributed by atoms with van der Waals surface area (Å²) in [4.78, 5) is 0. The van der Waals surface area contributed by atoms with Crippen molar-refractivity contribution < 1.29 is 0 Å². The number of hydrogen-bond acceptors (Lipinski definition) is 2. The van der Waals surface area contributed by atoms with E-state index in [1.54, 1.807) is 0 Å². The monoisotopic (exact) mass is 193 g/mol. The molecule has 0 aromatic carbocycles. The Morgan fingerprint density at radius 2 is 2.36 bits per heavy atom. The molecule has 1 aromatic heterocycles. The minimum absolute atomic E-state index is 0.713. The lowest BCUT2D eigenvalue weighted by Gasteiger charge is -2.41. The number of hydrogen-bond donors (Lipinski definition) is 1. The first-order valence-corrected chi connectivity index (χ1v) is 5.37. The molecule has 0 spiro atoms. The van der Waals surface area contributed by atoms with Gasteiger partial charge < -0.3 is 5.32 Å². The summed E-state index contributed by atoms with van der Waals surface area (Å²) in [5.74, 6) is 1.72. The second kappa shape index (κ2) is 3.73. The molecule has 3 unspecified atom stereocenters. The molecule has 1 aliphatic carbocycles. The summed E-state index contributed by atoms with van der Waals surface area (Å²) in [6, 6.07) is 0.713. The zero-order chi connectivity index (χ0) is 10.1. The van der Waals surface area contributed by atoms with E-state index >= 15 is 0 Å². The number of aromatic nitrogens is 2. The molecule has 0 bridgehead atoms. The second-order valence-electron chi connectivity index (χ2n) is 4.58. The van der Waals surface area contributed by atoms with E-state index < -0.39 is 0 Å². The first kappa shape index (κ1) is 9.71. The van der Waals surface area contributed by atoms with Gasteiger partial charge in [0.25, 0.3) is 0 Å². The van der Waals surface area contributed by atoms with Crippen molar-refractivity contribution in [3.05, 3.63) is 18.0 Å². The molecule has 1 aromatic rings. The highest BCUT2D eigenvalue weighted by atomic mass is 15.2. The minimum Gasteiger partial charge on any atom is -0.310 e. The molecule has 3 nitrogen and oxygen atoms in total. The third-order valence-corrected chi connectivity index (χ3v) is 3.48. The predicted octanol–water partition coefficient (Wildman–Crippen LogP) is 1.55. The summed E-state index contributed by atoms with van der Waals surface area (Å²) in [5.41, 5.74) is 1.28. The lowest BCUT2D eigenvalue weighted by molar-refractivity contribution is 0.136. The van der Waals surface area contributed by atoms with E-state index in [0.717, 1.165) is 18.4 Å². The fourth-order valence-electron chi connectivity index (χ4n) is 2.11. The molecular formula is C11H19N3. The average Bonchev–Trinajstić information content (AvgIpc) is 2.58. The van der Waals surface area contributed by atoms with Gasteiger partial charge in [0.1, 0.15) is 0 Å². The van der Waals surface area contributed by atoms with Crippen LogP contribution in [0.1, 0.15) is 25.8 Å². The highest BCUT2D eigenvalue weighted by molar-refractivity contribution is 5.04. The minimum atomic E-state index is 0.713. The van der Waals surface area contributed by atoms with Crippen LogP contribution in [0.4, 0.5) is 0 Å². The average molecular weight is 193 g/mol. The summed E-state index contributed by atoms with van der Waals surface area (Å²) < 4.78 is 1.85. The normalized spacial score (nSPS) is 31.5. The zero-order valence-corrected chi connectivity index (χ0v) is 9.20. The van der Waals surface area contributed by atoms with Gasteiger partial charge in [-0.15, -0.1) is 0 Å². The van der Waals surface area contributed by atoms with E-state index in [4.69, 9.17) is 0 Å². The van der Waals surface area contributed by atoms with Crippen LogP contribution in [-0.2, 0) is 13.6 Å². The lowest BCUT2D eigenvalue weighted by atomic mass is 9.71. The summed E-state index contributed by atoms with van der Waals surface area (Å²) in [5, 5.41) is 7.72. The van der Waals surface area contributed by atoms with Crippen LogP contribution >= 0.6 is 0 Å². The van der Waals surface area contributed by atoms with Crippen molar-refractivity contribution in [3.8, 4) is 0 Å². The van der Waals surface area contributed by atoms with Crippen LogP contribution in [0.3, 0.4) is 0 Å². The molecule has 14 heavy (non-hydrogen) atoms. The van der Waals surface area contributed by atoms with Crippen LogP contribution in [0.25, 0.3) is 0 Å². The van der Waals surface area contributed by atoms with Crippen molar-refractivity contribution in [1.82, 2.24) is 15.1 Å². The van der Waals surface area contributed by atoms with Gasteiger partial charge in [-0.1, -0.05) is 13.8 Å². The molecule has 0 saturated heterocycles. The Hall–Kier alpha value is -0.830. The Bertz CT molecular complexity index is 305. The smallest absolute Gasteiger partial charge is 0.0534 e. The van der Waals surface area contributed by atoms with Gasteiger partial charge in [0.05, 0.1) is 6.20 Å². The van der Waals surface area contributed by atoms with Crippen LogP contribution in [0, 0.1) is 11.8 Å². The molecule has 1 N–H and O–H groups in total. The fraction of sp³-hybridized carbons (Fsp3) is 0.727. The molecule has 78 valence electrons. The summed E-state index contributed by atoms with van der Waals surface area (Å²) in [6.07, 6.45) is 5.32. The zero-order valence-electron chi connectivity index (χ0n) is 9.20. The Labute approximate surface area is 85.5 Å². The largest absolute Gasteiger partial charge is 0.310 e. The molecule has 1 heterocycles. The van der Waals surface area contributed by atoms with E-state index in [2.05, 4.69) is 30.5 Å². The van der Waals surface area contributed by atoms with Crippen LogP contribution in [0.15, 0.2) is 12.4 Å². The van der Waals surface area contributed by atoms with Crippen LogP contribution in [0.5, 0.6) is 0 Å². The number of rotatable bonds is 3. The lowest BCUT2D eigenvalue weighted by Crippen LogP contribution is -2.47. The van der Waals surface area contributed by atoms with Gasteiger partial charge in [-0.05, 0) is 18.3 Å². The van der Waals surface area contributed by atoms with Crippen molar-refractivity contribution in [3.63, 3.8) is 0 Å². The van der Waals surface area contributed by atoms with Crippen LogP contribution in [0.2, 0.25) is 0 Å². The van der Waals surface area contributed by atoms with E-state index in [0.29, 0.717) is 6.04 Å². The number of aryl methyl sites for hydroxylation is 1. The summed E-state index contributed by atoms with van der Waals surface area (Å²) in [6.45, 7) is 5.61. The first-order chi connectivity index (χ1) is 6.66. The molecular weight excluding hydrogens is 174 g/mol. The maximum atomic E-state index is 4.15. The van der Waals surface area contributed by atoms with Crippen molar-refractivity contribution >= 4 is 0 Å². The van der Waals surface area contributed by atoms with E-state index in [-0.39, 0.29) is 0 Å². The van der Waals surface area contributed by atoms with Gasteiger partial charge in [0.15, 0.2) is 0 Å². The van der Waals surface area contributed by atoms with Crippen molar-refractivity contribution in [2.24, 2.45) is 18.9 Å². The van der Waals surface area contributed by atoms with E-state index in [9.17, 15) is 0 Å². The molecule has 3 atom stereocenters. The quantitative estimate of drug-likeness (QED) is 0.789. The summed E-state index contributed by atoms with van der Waals surface area (Å²) in [7, 11) is 1.96. The Morgan fingerprint density at radius 3 is 2.86 bits per heavy atom. The SMILES string of the molecule is CC1CC(NCc2cnn(C)c2)C1C.